The maximum Gasteiger partial charge on any atom is 0.123 e. The van der Waals surface area contributed by atoms with Crippen LogP contribution in [0.15, 0.2) is 53.0 Å². The first-order chi connectivity index (χ1) is 9.79. The summed E-state index contributed by atoms with van der Waals surface area (Å²) in [5.41, 5.74) is 2.55. The van der Waals surface area contributed by atoms with E-state index in [0.29, 0.717) is 0 Å². The van der Waals surface area contributed by atoms with Crippen molar-refractivity contribution in [2.24, 2.45) is 0 Å². The van der Waals surface area contributed by atoms with Crippen molar-refractivity contribution in [3.8, 4) is 5.75 Å². The van der Waals surface area contributed by atoms with Crippen LogP contribution in [0.5, 0.6) is 5.75 Å². The van der Waals surface area contributed by atoms with Gasteiger partial charge in [0, 0.05) is 16.6 Å². The number of hydrogen-bond donors (Lipinski definition) is 1. The number of halogens is 1. The van der Waals surface area contributed by atoms with Crippen molar-refractivity contribution >= 4 is 15.9 Å². The molecule has 1 N–H and O–H groups in total. The van der Waals surface area contributed by atoms with Crippen molar-refractivity contribution in [1.29, 1.82) is 0 Å². The van der Waals surface area contributed by atoms with Gasteiger partial charge in [0.1, 0.15) is 5.75 Å². The molecule has 0 aliphatic carbocycles. The van der Waals surface area contributed by atoms with Crippen molar-refractivity contribution in [2.75, 3.05) is 13.7 Å². The minimum absolute atomic E-state index is 0.743. The van der Waals surface area contributed by atoms with Gasteiger partial charge in [0.15, 0.2) is 0 Å². The van der Waals surface area contributed by atoms with Gasteiger partial charge >= 0.3 is 0 Å². The minimum atomic E-state index is 0.743. The molecule has 0 fully saturated rings. The molecule has 2 nitrogen and oxygen atoms in total. The van der Waals surface area contributed by atoms with Crippen molar-refractivity contribution < 1.29 is 4.74 Å². The highest BCUT2D eigenvalue weighted by Crippen LogP contribution is 2.23. The molecule has 0 aliphatic heterocycles. The van der Waals surface area contributed by atoms with Gasteiger partial charge in [-0.1, -0.05) is 46.3 Å². The zero-order chi connectivity index (χ0) is 14.2. The molecule has 0 spiro atoms. The Bertz CT molecular complexity index is 528. The summed E-state index contributed by atoms with van der Waals surface area (Å²) >= 11 is 3.50. The van der Waals surface area contributed by atoms with E-state index >= 15 is 0 Å². The number of benzene rings is 2. The average Bonchev–Trinajstić information content (AvgIpc) is 2.47. The highest BCUT2D eigenvalue weighted by Gasteiger charge is 2.04. The van der Waals surface area contributed by atoms with Crippen molar-refractivity contribution in [2.45, 2.75) is 19.4 Å². The summed E-state index contributed by atoms with van der Waals surface area (Å²) in [6.07, 6.45) is 2.08. The van der Waals surface area contributed by atoms with Crippen LogP contribution in [0.3, 0.4) is 0 Å². The second-order valence-electron chi connectivity index (χ2n) is 4.72. The molecule has 0 heterocycles. The predicted octanol–water partition coefficient (Wildman–Crippen LogP) is 4.18. The fraction of sp³-hybridized carbons (Fsp3) is 0.294. The predicted molar refractivity (Wildman–Crippen MR) is 87.2 cm³/mol. The monoisotopic (exact) mass is 333 g/mol. The van der Waals surface area contributed by atoms with E-state index < -0.39 is 0 Å². The molecule has 0 saturated carbocycles. The van der Waals surface area contributed by atoms with Crippen molar-refractivity contribution in [1.82, 2.24) is 5.32 Å². The lowest BCUT2D eigenvalue weighted by atomic mass is 10.1. The molecule has 20 heavy (non-hydrogen) atoms. The highest BCUT2D eigenvalue weighted by atomic mass is 79.9. The normalized spacial score (nSPS) is 10.5. The van der Waals surface area contributed by atoms with Crippen LogP contribution < -0.4 is 10.1 Å². The van der Waals surface area contributed by atoms with Crippen molar-refractivity contribution in [3.05, 3.63) is 64.1 Å². The summed E-state index contributed by atoms with van der Waals surface area (Å²) in [5, 5.41) is 3.17. The van der Waals surface area contributed by atoms with E-state index in [1.165, 1.54) is 11.1 Å². The summed E-state index contributed by atoms with van der Waals surface area (Å²) in [5.74, 6) is 0.968. The molecule has 0 amide bonds. The van der Waals surface area contributed by atoms with Gasteiger partial charge in [-0.15, -0.1) is 0 Å². The average molecular weight is 334 g/mol. The fourth-order valence-electron chi connectivity index (χ4n) is 2.12. The molecular weight excluding hydrogens is 314 g/mol. The summed E-state index contributed by atoms with van der Waals surface area (Å²) in [4.78, 5) is 0. The molecular formula is C17H20BrNO. The van der Waals surface area contributed by atoms with Crippen molar-refractivity contribution in [3.63, 3.8) is 0 Å². The maximum atomic E-state index is 5.91. The Hall–Kier alpha value is -1.32. The largest absolute Gasteiger partial charge is 0.493 e. The van der Waals surface area contributed by atoms with Gasteiger partial charge < -0.3 is 10.1 Å². The Morgan fingerprint density at radius 2 is 1.90 bits per heavy atom. The lowest BCUT2D eigenvalue weighted by Gasteiger charge is -2.12. The zero-order valence-corrected chi connectivity index (χ0v) is 13.3. The van der Waals surface area contributed by atoms with Gasteiger partial charge in [-0.05, 0) is 43.7 Å². The third kappa shape index (κ3) is 4.66. The van der Waals surface area contributed by atoms with Crippen LogP contribution in [0, 0.1) is 0 Å². The van der Waals surface area contributed by atoms with Crippen LogP contribution in [0.1, 0.15) is 17.5 Å². The number of rotatable bonds is 7. The van der Waals surface area contributed by atoms with E-state index in [1.54, 1.807) is 0 Å². The van der Waals surface area contributed by atoms with Crippen LogP contribution in [-0.4, -0.2) is 13.7 Å². The molecule has 106 valence electrons. The minimum Gasteiger partial charge on any atom is -0.493 e. The molecule has 0 unspecified atom stereocenters. The third-order valence-corrected chi connectivity index (χ3v) is 3.59. The molecule has 0 aromatic heterocycles. The second-order valence-corrected chi connectivity index (χ2v) is 5.64. The first-order valence-corrected chi connectivity index (χ1v) is 7.68. The summed E-state index contributed by atoms with van der Waals surface area (Å²) in [7, 11) is 1.94. The summed E-state index contributed by atoms with van der Waals surface area (Å²) in [6, 6.07) is 16.7. The van der Waals surface area contributed by atoms with Crippen LogP contribution in [-0.2, 0) is 13.0 Å². The first kappa shape index (κ1) is 15.1. The molecule has 2 aromatic carbocycles. The smallest absolute Gasteiger partial charge is 0.123 e. The quantitative estimate of drug-likeness (QED) is 0.767. The van der Waals surface area contributed by atoms with Gasteiger partial charge in [-0.2, -0.15) is 0 Å². The van der Waals surface area contributed by atoms with E-state index in [1.807, 2.05) is 25.2 Å². The molecule has 2 aromatic rings. The van der Waals surface area contributed by atoms with Gasteiger partial charge in [0.05, 0.1) is 6.61 Å². The molecule has 0 bridgehead atoms. The van der Waals surface area contributed by atoms with E-state index in [9.17, 15) is 0 Å². The fourth-order valence-corrected chi connectivity index (χ4v) is 2.53. The molecule has 3 heteroatoms. The molecule has 2 rings (SSSR count). The van der Waals surface area contributed by atoms with Gasteiger partial charge in [0.25, 0.3) is 0 Å². The number of ether oxygens (including phenoxy) is 1. The Morgan fingerprint density at radius 3 is 2.65 bits per heavy atom. The van der Waals surface area contributed by atoms with Gasteiger partial charge in [-0.25, -0.2) is 0 Å². The lowest BCUT2D eigenvalue weighted by Crippen LogP contribution is -2.08. The van der Waals surface area contributed by atoms with Crippen LogP contribution >= 0.6 is 15.9 Å². The Morgan fingerprint density at radius 1 is 1.10 bits per heavy atom. The van der Waals surface area contributed by atoms with Gasteiger partial charge in [-0.3, -0.25) is 0 Å². The topological polar surface area (TPSA) is 21.3 Å². The number of nitrogens with one attached hydrogen (secondary N) is 1. The Kier molecular flexibility index (Phi) is 6.09. The second kappa shape index (κ2) is 8.08. The zero-order valence-electron chi connectivity index (χ0n) is 11.7. The molecule has 0 saturated heterocycles. The van der Waals surface area contributed by atoms with Crippen LogP contribution in [0.2, 0.25) is 0 Å². The summed E-state index contributed by atoms with van der Waals surface area (Å²) < 4.78 is 6.99. The highest BCUT2D eigenvalue weighted by molar-refractivity contribution is 9.10. The summed E-state index contributed by atoms with van der Waals surface area (Å²) in [6.45, 7) is 1.56. The third-order valence-electron chi connectivity index (χ3n) is 3.10. The van der Waals surface area contributed by atoms with E-state index in [4.69, 9.17) is 4.74 Å². The van der Waals surface area contributed by atoms with E-state index in [2.05, 4.69) is 51.6 Å². The molecule has 0 aliphatic rings. The standard InChI is InChI=1S/C17H20BrNO/c1-19-13-15-12-16(18)9-10-17(15)20-11-5-8-14-6-3-2-4-7-14/h2-4,6-7,9-10,12,19H,5,8,11,13H2,1H3. The number of hydrogen-bond acceptors (Lipinski definition) is 2. The SMILES string of the molecule is CNCc1cc(Br)ccc1OCCCc1ccccc1. The van der Waals surface area contributed by atoms with E-state index in [-0.39, 0.29) is 0 Å². The Balaban J connectivity index is 1.84. The number of aryl methyl sites for hydroxylation is 1. The lowest BCUT2D eigenvalue weighted by molar-refractivity contribution is 0.307. The Labute approximate surface area is 129 Å². The van der Waals surface area contributed by atoms with Gasteiger partial charge in [0.2, 0.25) is 0 Å². The molecule has 0 radical (unpaired) electrons. The first-order valence-electron chi connectivity index (χ1n) is 6.89. The van der Waals surface area contributed by atoms with Crippen LogP contribution in [0.4, 0.5) is 0 Å². The molecule has 0 atom stereocenters. The van der Waals surface area contributed by atoms with Crippen LogP contribution in [0.25, 0.3) is 0 Å². The van der Waals surface area contributed by atoms with E-state index in [0.717, 1.165) is 36.2 Å². The maximum absolute atomic E-state index is 5.91.